The molecule has 13 heavy (non-hydrogen) atoms. The van der Waals surface area contributed by atoms with E-state index in [1.54, 1.807) is 6.92 Å². The summed E-state index contributed by atoms with van der Waals surface area (Å²) in [5.74, 6) is -5.34. The third-order valence-corrected chi connectivity index (χ3v) is 1.46. The van der Waals surface area contributed by atoms with Crippen molar-refractivity contribution in [2.24, 2.45) is 0 Å². The van der Waals surface area contributed by atoms with Gasteiger partial charge in [0.2, 0.25) is 0 Å². The summed E-state index contributed by atoms with van der Waals surface area (Å²) in [6.45, 7) is 2.54. The fourth-order valence-corrected chi connectivity index (χ4v) is 0.668. The number of hydrogen-bond donors (Lipinski definition) is 0. The van der Waals surface area contributed by atoms with E-state index in [1.165, 1.54) is 0 Å². The number of halogens is 2. The van der Waals surface area contributed by atoms with Gasteiger partial charge in [-0.25, -0.2) is 0 Å². The minimum absolute atomic E-state index is 0.157. The van der Waals surface area contributed by atoms with Crippen LogP contribution in [0.15, 0.2) is 0 Å². The van der Waals surface area contributed by atoms with Crippen LogP contribution in [0, 0.1) is 0 Å². The average molecular weight is 194 g/mol. The Morgan fingerprint density at radius 1 is 1.38 bits per heavy atom. The highest BCUT2D eigenvalue weighted by Crippen LogP contribution is 2.21. The lowest BCUT2D eigenvalue weighted by Crippen LogP contribution is -2.27. The highest BCUT2D eigenvalue weighted by molar-refractivity contribution is 5.83. The first-order valence-electron chi connectivity index (χ1n) is 3.94. The van der Waals surface area contributed by atoms with Gasteiger partial charge in [-0.05, 0) is 6.92 Å². The van der Waals surface area contributed by atoms with E-state index in [1.807, 2.05) is 0 Å². The van der Waals surface area contributed by atoms with Crippen molar-refractivity contribution in [1.82, 2.24) is 0 Å². The molecule has 0 saturated carbocycles. The Balaban J connectivity index is 3.88. The molecule has 0 atom stereocenters. The number of esters is 1. The molecule has 0 aromatic heterocycles. The van der Waals surface area contributed by atoms with Gasteiger partial charge in [-0.15, -0.1) is 0 Å². The molecule has 0 aromatic rings. The molecule has 0 spiro atoms. The van der Waals surface area contributed by atoms with E-state index in [0.29, 0.717) is 0 Å². The van der Waals surface area contributed by atoms with Crippen LogP contribution >= 0.6 is 0 Å². The van der Waals surface area contributed by atoms with Crippen molar-refractivity contribution in [3.05, 3.63) is 0 Å². The maximum Gasteiger partial charge on any atom is 0.306 e. The molecule has 0 amide bonds. The lowest BCUT2D eigenvalue weighted by molar-refractivity contribution is -0.149. The third-order valence-electron chi connectivity index (χ3n) is 1.46. The summed E-state index contributed by atoms with van der Waals surface area (Å²) in [6, 6.07) is 0. The Labute approximate surface area is 75.1 Å². The monoisotopic (exact) mass is 194 g/mol. The van der Waals surface area contributed by atoms with E-state index < -0.39 is 30.5 Å². The second-order valence-corrected chi connectivity index (χ2v) is 2.57. The molecule has 0 N–H and O–H groups in total. The molecule has 0 aliphatic rings. The van der Waals surface area contributed by atoms with E-state index in [4.69, 9.17) is 0 Å². The van der Waals surface area contributed by atoms with Crippen LogP contribution in [0.2, 0.25) is 0 Å². The van der Waals surface area contributed by atoms with E-state index in [2.05, 4.69) is 4.74 Å². The predicted octanol–water partition coefficient (Wildman–Crippen LogP) is 1.55. The Morgan fingerprint density at radius 2 is 1.92 bits per heavy atom. The van der Waals surface area contributed by atoms with Crippen molar-refractivity contribution < 1.29 is 23.1 Å². The van der Waals surface area contributed by atoms with Crippen molar-refractivity contribution in [2.75, 3.05) is 6.61 Å². The molecule has 0 aromatic carbocycles. The van der Waals surface area contributed by atoms with Gasteiger partial charge in [-0.3, -0.25) is 9.59 Å². The molecule has 0 aliphatic heterocycles. The van der Waals surface area contributed by atoms with E-state index >= 15 is 0 Å². The molecule has 5 heteroatoms. The largest absolute Gasteiger partial charge is 0.466 e. The van der Waals surface area contributed by atoms with Gasteiger partial charge in [0, 0.05) is 13.3 Å². The third kappa shape index (κ3) is 4.55. The molecule has 0 radical (unpaired) electrons. The number of hydrogen-bond acceptors (Lipinski definition) is 3. The van der Waals surface area contributed by atoms with Gasteiger partial charge in [-0.2, -0.15) is 8.78 Å². The fourth-order valence-electron chi connectivity index (χ4n) is 0.668. The molecule has 0 heterocycles. The Bertz CT molecular complexity index is 202. The van der Waals surface area contributed by atoms with Crippen LogP contribution in [0.1, 0.15) is 26.7 Å². The number of carbonyl (C=O) groups excluding carboxylic acids is 2. The Hall–Kier alpha value is -1.00. The summed E-state index contributed by atoms with van der Waals surface area (Å²) >= 11 is 0. The van der Waals surface area contributed by atoms with Gasteiger partial charge in [0.1, 0.15) is 0 Å². The summed E-state index contributed by atoms with van der Waals surface area (Å²) in [6.07, 6.45) is -1.21. The number of alkyl halides is 2. The molecular formula is C8H12F2O3. The van der Waals surface area contributed by atoms with Crippen LogP contribution in [0.4, 0.5) is 8.78 Å². The van der Waals surface area contributed by atoms with Crippen molar-refractivity contribution >= 4 is 11.8 Å². The molecule has 0 aliphatic carbocycles. The fraction of sp³-hybridized carbons (Fsp3) is 0.750. The number of carbonyl (C=O) groups is 2. The zero-order chi connectivity index (χ0) is 10.5. The van der Waals surface area contributed by atoms with Gasteiger partial charge in [0.05, 0.1) is 13.0 Å². The minimum Gasteiger partial charge on any atom is -0.466 e. The molecule has 0 rings (SSSR count). The van der Waals surface area contributed by atoms with E-state index in [9.17, 15) is 18.4 Å². The lowest BCUT2D eigenvalue weighted by Gasteiger charge is -2.11. The second-order valence-electron chi connectivity index (χ2n) is 2.57. The molecule has 3 nitrogen and oxygen atoms in total. The quantitative estimate of drug-likeness (QED) is 0.623. The van der Waals surface area contributed by atoms with Crippen molar-refractivity contribution in [2.45, 2.75) is 32.6 Å². The lowest BCUT2D eigenvalue weighted by atomic mass is 10.1. The highest BCUT2D eigenvalue weighted by atomic mass is 19.3. The van der Waals surface area contributed by atoms with Gasteiger partial charge in [-0.1, -0.05) is 0 Å². The smallest absolute Gasteiger partial charge is 0.306 e. The molecule has 0 saturated heterocycles. The van der Waals surface area contributed by atoms with Gasteiger partial charge in [0.25, 0.3) is 0 Å². The number of Topliss-reactive ketones (excluding diaryl/α,β-unsaturated/α-hetero) is 1. The van der Waals surface area contributed by atoms with Crippen molar-refractivity contribution in [1.29, 1.82) is 0 Å². The number of ether oxygens (including phenoxy) is 1. The number of rotatable bonds is 5. The van der Waals surface area contributed by atoms with Crippen LogP contribution in [-0.2, 0) is 14.3 Å². The molecule has 0 bridgehead atoms. The maximum absolute atomic E-state index is 12.6. The summed E-state index contributed by atoms with van der Waals surface area (Å²) in [5, 5.41) is 0. The molecule has 0 fully saturated rings. The maximum atomic E-state index is 12.6. The summed E-state index contributed by atoms with van der Waals surface area (Å²) < 4.78 is 29.6. The first-order chi connectivity index (χ1) is 5.90. The Morgan fingerprint density at radius 3 is 2.31 bits per heavy atom. The average Bonchev–Trinajstić information content (AvgIpc) is 2.01. The van der Waals surface area contributed by atoms with Crippen LogP contribution in [0.5, 0.6) is 0 Å². The SMILES string of the molecule is CCOC(=O)CCC(F)(F)C(C)=O. The topological polar surface area (TPSA) is 43.4 Å². The number of ketones is 1. The minimum atomic E-state index is -3.41. The summed E-state index contributed by atoms with van der Waals surface area (Å²) in [5.41, 5.74) is 0. The molecule has 76 valence electrons. The van der Waals surface area contributed by atoms with Crippen molar-refractivity contribution in [3.63, 3.8) is 0 Å². The van der Waals surface area contributed by atoms with Gasteiger partial charge >= 0.3 is 11.9 Å². The normalized spacial score (nSPS) is 11.1. The predicted molar refractivity (Wildman–Crippen MR) is 41.5 cm³/mol. The van der Waals surface area contributed by atoms with Crippen molar-refractivity contribution in [3.8, 4) is 0 Å². The first kappa shape index (κ1) is 12.0. The summed E-state index contributed by atoms with van der Waals surface area (Å²) in [7, 11) is 0. The zero-order valence-corrected chi connectivity index (χ0v) is 7.60. The van der Waals surface area contributed by atoms with Gasteiger partial charge in [0.15, 0.2) is 5.78 Å². The van der Waals surface area contributed by atoms with Crippen LogP contribution in [-0.4, -0.2) is 24.3 Å². The summed E-state index contributed by atoms with van der Waals surface area (Å²) in [4.78, 5) is 21.0. The Kier molecular flexibility index (Phi) is 4.51. The standard InChI is InChI=1S/C8H12F2O3/c1-3-13-7(12)4-5-8(9,10)6(2)11/h3-5H2,1-2H3. The second kappa shape index (κ2) is 4.89. The molecule has 0 unspecified atom stereocenters. The van der Waals surface area contributed by atoms with Gasteiger partial charge < -0.3 is 4.74 Å². The van der Waals surface area contributed by atoms with E-state index in [0.717, 1.165) is 6.92 Å². The van der Waals surface area contributed by atoms with Crippen LogP contribution in [0.3, 0.4) is 0 Å². The van der Waals surface area contributed by atoms with Crippen LogP contribution in [0.25, 0.3) is 0 Å². The first-order valence-corrected chi connectivity index (χ1v) is 3.94. The van der Waals surface area contributed by atoms with E-state index in [-0.39, 0.29) is 6.61 Å². The zero-order valence-electron chi connectivity index (χ0n) is 7.60. The highest BCUT2D eigenvalue weighted by Gasteiger charge is 2.35. The van der Waals surface area contributed by atoms with Crippen LogP contribution < -0.4 is 0 Å². The molecular weight excluding hydrogens is 182 g/mol.